The number of anilines is 1. The lowest BCUT2D eigenvalue weighted by atomic mass is 10.2. The van der Waals surface area contributed by atoms with Crippen molar-refractivity contribution in [3.63, 3.8) is 0 Å². The van der Waals surface area contributed by atoms with Gasteiger partial charge in [0.15, 0.2) is 0 Å². The van der Waals surface area contributed by atoms with E-state index in [0.29, 0.717) is 16.3 Å². The van der Waals surface area contributed by atoms with E-state index in [1.807, 2.05) is 0 Å². The molecular weight excluding hydrogens is 317 g/mol. The first-order chi connectivity index (χ1) is 9.89. The number of sulfonamides is 1. The summed E-state index contributed by atoms with van der Waals surface area (Å²) in [6.07, 6.45) is 0. The van der Waals surface area contributed by atoms with Crippen molar-refractivity contribution >= 4 is 27.3 Å². The second-order valence-corrected chi connectivity index (χ2v) is 6.48. The SMILES string of the molecule is COc1ccc(Cl)cc1CS(=O)(=O)Nc1ccc(F)cc1. The zero-order chi connectivity index (χ0) is 15.5. The van der Waals surface area contributed by atoms with Crippen LogP contribution in [0.25, 0.3) is 0 Å². The standard InChI is InChI=1S/C14H13ClFNO3S/c1-20-14-7-2-11(15)8-10(14)9-21(18,19)17-13-5-3-12(16)4-6-13/h2-8,17H,9H2,1H3. The maximum Gasteiger partial charge on any atom is 0.237 e. The van der Waals surface area contributed by atoms with Gasteiger partial charge in [0.2, 0.25) is 10.0 Å². The molecule has 0 fully saturated rings. The second-order valence-electron chi connectivity index (χ2n) is 4.32. The van der Waals surface area contributed by atoms with Crippen LogP contribution in [-0.4, -0.2) is 15.5 Å². The van der Waals surface area contributed by atoms with Gasteiger partial charge in [-0.15, -0.1) is 0 Å². The minimum atomic E-state index is -3.66. The third kappa shape index (κ3) is 4.34. The fraction of sp³-hybridized carbons (Fsp3) is 0.143. The van der Waals surface area contributed by atoms with Gasteiger partial charge < -0.3 is 4.74 Å². The van der Waals surface area contributed by atoms with E-state index >= 15 is 0 Å². The average Bonchev–Trinajstić information content (AvgIpc) is 2.41. The van der Waals surface area contributed by atoms with Gasteiger partial charge in [-0.05, 0) is 42.5 Å². The van der Waals surface area contributed by atoms with E-state index in [1.54, 1.807) is 12.1 Å². The van der Waals surface area contributed by atoms with Gasteiger partial charge >= 0.3 is 0 Å². The highest BCUT2D eigenvalue weighted by Gasteiger charge is 2.15. The number of halogens is 2. The van der Waals surface area contributed by atoms with E-state index < -0.39 is 15.8 Å². The summed E-state index contributed by atoms with van der Waals surface area (Å²) in [7, 11) is -2.21. The van der Waals surface area contributed by atoms with Crippen molar-refractivity contribution in [2.45, 2.75) is 5.75 Å². The highest BCUT2D eigenvalue weighted by atomic mass is 35.5. The van der Waals surface area contributed by atoms with Crippen molar-refractivity contribution in [1.29, 1.82) is 0 Å². The van der Waals surface area contributed by atoms with Crippen LogP contribution in [0.15, 0.2) is 42.5 Å². The predicted octanol–water partition coefficient (Wildman–Crippen LogP) is 3.43. The van der Waals surface area contributed by atoms with Gasteiger partial charge in [0.05, 0.1) is 12.9 Å². The third-order valence-electron chi connectivity index (χ3n) is 2.71. The van der Waals surface area contributed by atoms with Gasteiger partial charge in [0, 0.05) is 16.3 Å². The first-order valence-electron chi connectivity index (χ1n) is 5.98. The molecule has 4 nitrogen and oxygen atoms in total. The van der Waals surface area contributed by atoms with Crippen LogP contribution in [0.5, 0.6) is 5.75 Å². The smallest absolute Gasteiger partial charge is 0.237 e. The lowest BCUT2D eigenvalue weighted by Crippen LogP contribution is -2.15. The Kier molecular flexibility index (Phi) is 4.69. The van der Waals surface area contributed by atoms with Crippen LogP contribution in [0.2, 0.25) is 5.02 Å². The van der Waals surface area contributed by atoms with Gasteiger partial charge in [-0.1, -0.05) is 11.6 Å². The van der Waals surface area contributed by atoms with E-state index in [2.05, 4.69) is 4.72 Å². The second kappa shape index (κ2) is 6.32. The normalized spacial score (nSPS) is 11.2. The molecule has 0 aliphatic heterocycles. The Morgan fingerprint density at radius 1 is 1.19 bits per heavy atom. The number of benzene rings is 2. The molecule has 0 aliphatic rings. The molecule has 0 aromatic heterocycles. The number of nitrogens with one attached hydrogen (secondary N) is 1. The van der Waals surface area contributed by atoms with Gasteiger partial charge in [-0.2, -0.15) is 0 Å². The Labute approximate surface area is 127 Å². The quantitative estimate of drug-likeness (QED) is 0.914. The third-order valence-corrected chi connectivity index (χ3v) is 4.18. The minimum absolute atomic E-state index is 0.289. The average molecular weight is 330 g/mol. The van der Waals surface area contributed by atoms with Crippen LogP contribution in [0.3, 0.4) is 0 Å². The molecule has 0 saturated heterocycles. The maximum absolute atomic E-state index is 12.8. The molecule has 0 bridgehead atoms. The molecule has 0 aliphatic carbocycles. The largest absolute Gasteiger partial charge is 0.496 e. The summed E-state index contributed by atoms with van der Waals surface area (Å²) in [4.78, 5) is 0. The fourth-order valence-electron chi connectivity index (χ4n) is 1.80. The molecule has 1 N–H and O–H groups in total. The molecule has 2 rings (SSSR count). The Morgan fingerprint density at radius 3 is 2.48 bits per heavy atom. The zero-order valence-electron chi connectivity index (χ0n) is 11.1. The molecule has 112 valence electrons. The van der Waals surface area contributed by atoms with E-state index in [9.17, 15) is 12.8 Å². The molecule has 0 saturated carbocycles. The van der Waals surface area contributed by atoms with Crippen LogP contribution in [0.1, 0.15) is 5.56 Å². The highest BCUT2D eigenvalue weighted by Crippen LogP contribution is 2.25. The Hall–Kier alpha value is -1.79. The predicted molar refractivity (Wildman–Crippen MR) is 80.7 cm³/mol. The van der Waals surface area contributed by atoms with Gasteiger partial charge in [0.25, 0.3) is 0 Å². The van der Waals surface area contributed by atoms with Crippen molar-refractivity contribution < 1.29 is 17.5 Å². The molecule has 2 aromatic rings. The van der Waals surface area contributed by atoms with Crippen molar-refractivity contribution in [2.75, 3.05) is 11.8 Å². The lowest BCUT2D eigenvalue weighted by molar-refractivity contribution is 0.411. The highest BCUT2D eigenvalue weighted by molar-refractivity contribution is 7.91. The summed E-state index contributed by atoms with van der Waals surface area (Å²) < 4.78 is 44.5. The zero-order valence-corrected chi connectivity index (χ0v) is 12.7. The summed E-state index contributed by atoms with van der Waals surface area (Å²) in [5.74, 6) is -0.299. The van der Waals surface area contributed by atoms with Crippen molar-refractivity contribution in [3.8, 4) is 5.75 Å². The summed E-state index contributed by atoms with van der Waals surface area (Å²) in [6.45, 7) is 0. The Balaban J connectivity index is 2.21. The van der Waals surface area contributed by atoms with Gasteiger partial charge in [-0.25, -0.2) is 12.8 Å². The summed E-state index contributed by atoms with van der Waals surface area (Å²) in [5.41, 5.74) is 0.733. The van der Waals surface area contributed by atoms with Crippen LogP contribution in [0, 0.1) is 5.82 Å². The summed E-state index contributed by atoms with van der Waals surface area (Å²) >= 11 is 5.87. The first kappa shape index (κ1) is 15.6. The number of hydrogen-bond donors (Lipinski definition) is 1. The van der Waals surface area contributed by atoms with Crippen LogP contribution >= 0.6 is 11.6 Å². The molecule has 2 aromatic carbocycles. The summed E-state index contributed by atoms with van der Waals surface area (Å²) in [6, 6.07) is 9.80. The van der Waals surface area contributed by atoms with Crippen molar-refractivity contribution in [2.24, 2.45) is 0 Å². The van der Waals surface area contributed by atoms with Crippen LogP contribution in [-0.2, 0) is 15.8 Å². The molecule has 7 heteroatoms. The van der Waals surface area contributed by atoms with E-state index in [0.717, 1.165) is 0 Å². The Bertz CT molecular complexity index is 732. The first-order valence-corrected chi connectivity index (χ1v) is 8.01. The van der Waals surface area contributed by atoms with Gasteiger partial charge in [0.1, 0.15) is 11.6 Å². The van der Waals surface area contributed by atoms with E-state index in [1.165, 1.54) is 37.4 Å². The van der Waals surface area contributed by atoms with E-state index in [-0.39, 0.29) is 11.4 Å². The molecule has 21 heavy (non-hydrogen) atoms. The fourth-order valence-corrected chi connectivity index (χ4v) is 3.20. The van der Waals surface area contributed by atoms with Gasteiger partial charge in [-0.3, -0.25) is 4.72 Å². The van der Waals surface area contributed by atoms with Crippen molar-refractivity contribution in [3.05, 3.63) is 58.9 Å². The molecule has 0 heterocycles. The van der Waals surface area contributed by atoms with Crippen LogP contribution < -0.4 is 9.46 Å². The lowest BCUT2D eigenvalue weighted by Gasteiger charge is -2.11. The van der Waals surface area contributed by atoms with Crippen LogP contribution in [0.4, 0.5) is 10.1 Å². The number of hydrogen-bond acceptors (Lipinski definition) is 3. The minimum Gasteiger partial charge on any atom is -0.496 e. The monoisotopic (exact) mass is 329 g/mol. The molecule has 0 unspecified atom stereocenters. The number of rotatable bonds is 5. The summed E-state index contributed by atoms with van der Waals surface area (Å²) in [5, 5.41) is 0.419. The maximum atomic E-state index is 12.8. The van der Waals surface area contributed by atoms with E-state index in [4.69, 9.17) is 16.3 Å². The Morgan fingerprint density at radius 2 is 1.86 bits per heavy atom. The topological polar surface area (TPSA) is 55.4 Å². The number of methoxy groups -OCH3 is 1. The molecule has 0 spiro atoms. The number of ether oxygens (including phenoxy) is 1. The molecule has 0 radical (unpaired) electrons. The molecule has 0 atom stereocenters. The molecule has 0 amide bonds. The van der Waals surface area contributed by atoms with Crippen molar-refractivity contribution in [1.82, 2.24) is 0 Å². The molecular formula is C14H13ClFNO3S.